The minimum Gasteiger partial charge on any atom is -0.505 e. The first-order valence-corrected chi connectivity index (χ1v) is 32.7. The number of rotatable bonds is 19. The van der Waals surface area contributed by atoms with E-state index in [9.17, 15) is 95.9 Å². The molecule has 86 heavy (non-hydrogen) atoms. The van der Waals surface area contributed by atoms with Crippen LogP contribution in [0.5, 0.6) is 5.75 Å². The maximum atomic E-state index is 12.8. The van der Waals surface area contributed by atoms with E-state index in [0.717, 1.165) is 42.5 Å². The topological polar surface area (TPSA) is 602 Å². The molecule has 0 saturated heterocycles. The summed E-state index contributed by atoms with van der Waals surface area (Å²) in [5.74, 6) is -3.11. The Kier molecular flexibility index (Phi) is 17.1. The van der Waals surface area contributed by atoms with E-state index in [-0.39, 0.29) is 23.0 Å². The van der Waals surface area contributed by atoms with Crippen molar-refractivity contribution >= 4 is 180 Å². The van der Waals surface area contributed by atoms with E-state index in [1.54, 1.807) is 0 Å². The molecule has 0 unspecified atom stereocenters. The molecule has 8 rings (SSSR count). The Balaban J connectivity index is 1.15. The molecule has 0 fully saturated rings. The molecule has 0 bridgehead atoms. The number of fused-ring (bicyclic) bond motifs is 1. The summed E-state index contributed by atoms with van der Waals surface area (Å²) in [6.45, 7) is 0. The number of nitrogens with one attached hydrogen (secondary N) is 4. The van der Waals surface area contributed by atoms with Gasteiger partial charge in [0.2, 0.25) is 34.4 Å². The van der Waals surface area contributed by atoms with E-state index in [1.807, 2.05) is 0 Å². The average Bonchev–Trinajstić information content (AvgIpc) is 0.778. The number of aromatic hydroxyl groups is 1. The molecular weight excluding hydrogens is 1340 g/mol. The van der Waals surface area contributed by atoms with Crippen molar-refractivity contribution < 1.29 is 95.9 Å². The van der Waals surface area contributed by atoms with Crippen molar-refractivity contribution in [3.05, 3.63) is 102 Å². The molecule has 14 N–H and O–H groups in total. The fourth-order valence-corrected chi connectivity index (χ4v) is 11.8. The second-order valence-electron chi connectivity index (χ2n) is 16.6. The van der Waals surface area contributed by atoms with Crippen molar-refractivity contribution in [3.8, 4) is 5.75 Å². The van der Waals surface area contributed by atoms with Crippen molar-refractivity contribution in [1.29, 1.82) is 0 Å². The highest BCUT2D eigenvalue weighted by Gasteiger charge is 2.30. The fraction of sp³-hybridized carbons (Fsp3) is 0. The van der Waals surface area contributed by atoms with Crippen LogP contribution in [0.4, 0.5) is 75.0 Å². The Morgan fingerprint density at radius 1 is 0.395 bits per heavy atom. The number of hydrogen-bond donors (Lipinski definition) is 13. The van der Waals surface area contributed by atoms with Gasteiger partial charge in [-0.1, -0.05) is 6.07 Å². The van der Waals surface area contributed by atoms with Crippen LogP contribution in [-0.4, -0.2) is 126 Å². The highest BCUT2D eigenvalue weighted by Crippen LogP contribution is 2.49. The van der Waals surface area contributed by atoms with Crippen molar-refractivity contribution in [2.45, 2.75) is 34.3 Å². The fourth-order valence-electron chi connectivity index (χ4n) is 7.25. The maximum Gasteiger partial charge on any atom is 0.296 e. The summed E-state index contributed by atoms with van der Waals surface area (Å²) in [6, 6.07) is 12.4. The average molecular weight is 1370 g/mol. The second kappa shape index (κ2) is 23.1. The van der Waals surface area contributed by atoms with Crippen molar-refractivity contribution in [2.24, 2.45) is 20.5 Å². The van der Waals surface area contributed by atoms with E-state index in [2.05, 4.69) is 71.6 Å². The number of phenolic OH excluding ortho intramolecular Hbond substituents is 1. The first-order chi connectivity index (χ1) is 39.6. The van der Waals surface area contributed by atoms with Crippen LogP contribution in [0.15, 0.2) is 146 Å². The molecule has 6 aromatic carbocycles. The van der Waals surface area contributed by atoms with Crippen LogP contribution in [0.25, 0.3) is 10.8 Å². The second-order valence-corrected chi connectivity index (χ2v) is 27.1. The molecule has 0 aliphatic carbocycles. The Morgan fingerprint density at radius 3 is 1.27 bits per heavy atom. The lowest BCUT2D eigenvalue weighted by Gasteiger charge is -2.14. The van der Waals surface area contributed by atoms with Crippen molar-refractivity contribution in [2.75, 3.05) is 27.0 Å². The van der Waals surface area contributed by atoms with E-state index in [1.165, 1.54) is 12.1 Å². The van der Waals surface area contributed by atoms with Gasteiger partial charge in [-0.15, -0.1) is 20.5 Å². The van der Waals surface area contributed by atoms with Crippen LogP contribution in [0.2, 0.25) is 10.6 Å². The lowest BCUT2D eigenvalue weighted by Crippen LogP contribution is -2.09. The third-order valence-electron chi connectivity index (χ3n) is 10.7. The lowest BCUT2D eigenvalue weighted by molar-refractivity contribution is 0.472. The highest BCUT2D eigenvalue weighted by molar-refractivity contribution is 7.87. The zero-order valence-corrected chi connectivity index (χ0v) is 48.3. The predicted octanol–water partition coefficient (Wildman–Crippen LogP) is 6.34. The Bertz CT molecular complexity index is 5110. The Morgan fingerprint density at radius 2 is 0.791 bits per heavy atom. The normalized spacial score (nSPS) is 12.9. The van der Waals surface area contributed by atoms with Crippen LogP contribution in [0, 0.1) is 0 Å². The molecule has 0 atom stereocenters. The van der Waals surface area contributed by atoms with Gasteiger partial charge in [-0.3, -0.25) is 31.9 Å². The van der Waals surface area contributed by atoms with Gasteiger partial charge in [0.25, 0.3) is 70.8 Å². The summed E-state index contributed by atoms with van der Waals surface area (Å²) in [5.41, 5.74) is -0.143. The summed E-state index contributed by atoms with van der Waals surface area (Å²) in [6.07, 6.45) is 0. The number of azo groups is 2. The number of aromatic nitrogens is 6. The van der Waals surface area contributed by atoms with E-state index in [0.29, 0.717) is 36.4 Å². The van der Waals surface area contributed by atoms with Crippen molar-refractivity contribution in [3.63, 3.8) is 0 Å². The highest BCUT2D eigenvalue weighted by atomic mass is 35.5. The lowest BCUT2D eigenvalue weighted by atomic mass is 10.1. The number of halogens is 2. The zero-order chi connectivity index (χ0) is 63.4. The minimum atomic E-state index is -5.62. The molecular formula is C40H29Cl2N15O22S7. The Labute approximate surface area is 491 Å². The minimum absolute atomic E-state index is 0.0388. The SMILES string of the molecule is Nc1c(N=Nc2cc(S(=O)(=O)O)ccc2S(=O)(=O)O)c(S(=O)(=O)O)cc2cc(S(=O)(=O)O)c(N=Nc3cc(Nc4nc(Cl)nc(Nc5ccc(S(=O)(=O)O)c(Nc6nc(Cl)nc(Nc7cccc(S(=O)(=O)O)c7)n6)c5)n4)ccc3S(=O)(=O)O)c(O)c12. The number of nitrogen functional groups attached to an aromatic ring is 1. The molecule has 0 spiro atoms. The number of nitrogens with zero attached hydrogens (tertiary/aromatic N) is 10. The number of benzene rings is 6. The third-order valence-corrected chi connectivity index (χ3v) is 17.2. The summed E-state index contributed by atoms with van der Waals surface area (Å²) in [5, 5.41) is 33.5. The van der Waals surface area contributed by atoms with Crippen LogP contribution in [-0.2, 0) is 70.8 Å². The molecule has 8 aromatic rings. The van der Waals surface area contributed by atoms with Gasteiger partial charge in [0.1, 0.15) is 47.2 Å². The molecule has 0 aliphatic heterocycles. The van der Waals surface area contributed by atoms with Crippen LogP contribution in [0.3, 0.4) is 0 Å². The first-order valence-electron chi connectivity index (χ1n) is 21.8. The Hall–Kier alpha value is -8.45. The van der Waals surface area contributed by atoms with E-state index < -0.39 is 184 Å². The van der Waals surface area contributed by atoms with Crippen LogP contribution >= 0.6 is 23.2 Å². The molecule has 2 aromatic heterocycles. The largest absolute Gasteiger partial charge is 0.505 e. The quantitative estimate of drug-likeness (QED) is 0.0239. The smallest absolute Gasteiger partial charge is 0.296 e. The van der Waals surface area contributed by atoms with E-state index in [4.69, 9.17) is 28.9 Å². The summed E-state index contributed by atoms with van der Waals surface area (Å²) in [7, 11) is -36.6. The van der Waals surface area contributed by atoms with Gasteiger partial charge in [-0.2, -0.15) is 88.8 Å². The maximum absolute atomic E-state index is 12.8. The van der Waals surface area contributed by atoms with Gasteiger partial charge in [0.15, 0.2) is 5.75 Å². The molecule has 37 nitrogen and oxygen atoms in total. The van der Waals surface area contributed by atoms with Crippen LogP contribution < -0.4 is 27.0 Å². The van der Waals surface area contributed by atoms with E-state index >= 15 is 0 Å². The van der Waals surface area contributed by atoms with Gasteiger partial charge >= 0.3 is 0 Å². The van der Waals surface area contributed by atoms with Gasteiger partial charge in [0, 0.05) is 17.1 Å². The molecule has 0 aliphatic rings. The van der Waals surface area contributed by atoms with Gasteiger partial charge in [0.05, 0.1) is 26.6 Å². The first kappa shape index (κ1) is 63.6. The summed E-state index contributed by atoms with van der Waals surface area (Å²) >= 11 is 12.3. The predicted molar refractivity (Wildman–Crippen MR) is 296 cm³/mol. The number of nitrogens with two attached hydrogens (primary N) is 1. The number of phenols is 1. The number of anilines is 9. The monoisotopic (exact) mass is 1360 g/mol. The summed E-state index contributed by atoms with van der Waals surface area (Å²) in [4.78, 5) is 16.4. The molecule has 2 heterocycles. The molecule has 0 amide bonds. The standard InChI is InChI=1S/C40H29Cl2N15O22S7/c41-35-48-38(45-18-4-7-25(82(65,66)67)22(13-18)47-40-51-36(42)50-37(53-40)44-17-2-1-3-20(12-17)80(59,60)61)52-39(49-35)46-19-5-8-26(83(68,69)70)23(14-19)54-57-33-29(86(77,78)79)11-16-10-28(85(74,75)76)32(31(43)30(16)34(33)58)56-55-24-15-21(81(62,63)64)6-9-27(24)84(71,72)73/h1-15,58H,43H2,(H,59,60,61)(H,62,63,64)(H,65,66,67)(H,68,69,70)(H,71,72,73)(H,74,75,76)(H,77,78,79)(H2,44,47,50,51,53)(H2,45,46,48,49,52). The summed E-state index contributed by atoms with van der Waals surface area (Å²) < 4.78 is 241. The third kappa shape index (κ3) is 14.8. The molecule has 0 saturated carbocycles. The van der Waals surface area contributed by atoms with Crippen molar-refractivity contribution in [1.82, 2.24) is 29.9 Å². The van der Waals surface area contributed by atoms with Crippen LogP contribution in [0.1, 0.15) is 0 Å². The molecule has 0 radical (unpaired) electrons. The van der Waals surface area contributed by atoms with Gasteiger partial charge < -0.3 is 32.1 Å². The zero-order valence-electron chi connectivity index (χ0n) is 41.1. The molecule has 452 valence electrons. The number of hydrogen-bond acceptors (Lipinski definition) is 30. The van der Waals surface area contributed by atoms with Gasteiger partial charge in [-0.05, 0) is 114 Å². The van der Waals surface area contributed by atoms with Gasteiger partial charge in [-0.25, -0.2) is 0 Å². The molecule has 46 heteroatoms.